The van der Waals surface area contributed by atoms with Gasteiger partial charge in [-0.25, -0.2) is 14.4 Å². The summed E-state index contributed by atoms with van der Waals surface area (Å²) in [6.45, 7) is 19.1. The predicted molar refractivity (Wildman–Crippen MR) is 400 cm³/mol. The van der Waals surface area contributed by atoms with Gasteiger partial charge >= 0.3 is 17.9 Å². The number of rotatable bonds is 21. The van der Waals surface area contributed by atoms with E-state index >= 15 is 0 Å². The topological polar surface area (TPSA) is 234 Å². The Morgan fingerprint density at radius 1 is 0.444 bits per heavy atom. The molecule has 0 saturated carbocycles. The van der Waals surface area contributed by atoms with Crippen molar-refractivity contribution < 1.29 is 67.0 Å². The van der Waals surface area contributed by atoms with E-state index in [2.05, 4.69) is 100 Å². The zero-order chi connectivity index (χ0) is 71.5. The van der Waals surface area contributed by atoms with Gasteiger partial charge in [-0.3, -0.25) is 0 Å². The number of aliphatic hydroxyl groups excluding tert-OH is 3. The van der Waals surface area contributed by atoms with E-state index in [1.54, 1.807) is 96.3 Å². The number of carbonyl (C=O) groups is 3. The fourth-order valence-corrected chi connectivity index (χ4v) is 25.0. The first kappa shape index (κ1) is 78.1. The van der Waals surface area contributed by atoms with Crippen LogP contribution in [-0.4, -0.2) is 160 Å². The van der Waals surface area contributed by atoms with Gasteiger partial charge in [0.15, 0.2) is 0 Å². The third kappa shape index (κ3) is 18.6. The van der Waals surface area contributed by atoms with Gasteiger partial charge in [0.1, 0.15) is 65.1 Å². The van der Waals surface area contributed by atoms with Gasteiger partial charge in [0.05, 0.1) is 42.6 Å². The summed E-state index contributed by atoms with van der Waals surface area (Å²) in [5.74, 6) is -1.96. The Hall–Kier alpha value is -6.58. The predicted octanol–water partition coefficient (Wildman–Crippen LogP) is 12.4. The zero-order valence-electron chi connectivity index (χ0n) is 58.4. The first-order valence-corrected chi connectivity index (χ1v) is 41.0. The Morgan fingerprint density at radius 3 is 1.00 bits per heavy atom. The van der Waals surface area contributed by atoms with E-state index < -0.39 is 89.4 Å². The van der Waals surface area contributed by atoms with E-state index in [1.165, 1.54) is 11.8 Å². The number of azide groups is 1. The minimum absolute atomic E-state index is 0.175. The van der Waals surface area contributed by atoms with Crippen molar-refractivity contribution in [3.8, 4) is 0 Å². The summed E-state index contributed by atoms with van der Waals surface area (Å²) < 4.78 is 50.1. The van der Waals surface area contributed by atoms with Crippen LogP contribution in [0.1, 0.15) is 93.4 Å². The van der Waals surface area contributed by atoms with Crippen molar-refractivity contribution in [2.24, 2.45) is 22.9 Å². The van der Waals surface area contributed by atoms with Crippen molar-refractivity contribution in [1.29, 1.82) is 0 Å². The van der Waals surface area contributed by atoms with E-state index in [0.717, 1.165) is 20.7 Å². The van der Waals surface area contributed by atoms with E-state index in [-0.39, 0.29) is 64.0 Å². The molecule has 7 aromatic carbocycles. The molecule has 6 unspecified atom stereocenters. The molecular weight excluding hydrogens is 1340 g/mol. The van der Waals surface area contributed by atoms with Gasteiger partial charge in [0, 0.05) is 22.7 Å². The molecule has 0 radical (unpaired) electrons. The molecule has 3 heterocycles. The summed E-state index contributed by atoms with van der Waals surface area (Å²) in [6.07, 6.45) is -0.375. The molecule has 17 nitrogen and oxygen atoms in total. The van der Waals surface area contributed by atoms with Crippen LogP contribution in [0.15, 0.2) is 217 Å². The van der Waals surface area contributed by atoms with Crippen LogP contribution in [0.25, 0.3) is 10.4 Å². The average molecular weight is 1440 g/mol. The maximum atomic E-state index is 13.1. The first-order chi connectivity index (χ1) is 47.5. The number of aliphatic hydroxyl groups is 3. The van der Waals surface area contributed by atoms with Crippen LogP contribution in [0.4, 0.5) is 0 Å². The molecular formula is C77H95N3O14S3Si2. The molecule has 0 aliphatic carbocycles. The number of thioether (sulfide) groups is 3. The first-order valence-electron chi connectivity index (χ1n) is 33.3. The molecule has 22 heteroatoms. The zero-order valence-corrected chi connectivity index (χ0v) is 62.8. The van der Waals surface area contributed by atoms with Crippen molar-refractivity contribution in [3.63, 3.8) is 0 Å². The van der Waals surface area contributed by atoms with Crippen molar-refractivity contribution >= 4 is 90.6 Å². The number of carbonyl (C=O) groups excluding carboxylic acids is 3. The van der Waals surface area contributed by atoms with Crippen LogP contribution in [0, 0.1) is 17.8 Å². The lowest BCUT2D eigenvalue weighted by molar-refractivity contribution is -0.182. The fourth-order valence-electron chi connectivity index (χ4n) is 13.4. The van der Waals surface area contributed by atoms with Gasteiger partial charge in [-0.05, 0) is 91.5 Å². The second-order valence-electron chi connectivity index (χ2n) is 26.9. The van der Waals surface area contributed by atoms with Crippen LogP contribution < -0.4 is 20.7 Å². The molecule has 0 aromatic heterocycles. The van der Waals surface area contributed by atoms with E-state index in [0.29, 0.717) is 16.7 Å². The molecule has 10 rings (SSSR count). The number of hydrogen-bond acceptors (Lipinski definition) is 18. The van der Waals surface area contributed by atoms with Gasteiger partial charge in [-0.2, -0.15) is 0 Å². The summed E-state index contributed by atoms with van der Waals surface area (Å²) >= 11 is 4.56. The third-order valence-corrected chi connectivity index (χ3v) is 31.5. The molecule has 15 atom stereocenters. The highest BCUT2D eigenvalue weighted by atomic mass is 32.2. The summed E-state index contributed by atoms with van der Waals surface area (Å²) in [7, 11) is -5.70. The van der Waals surface area contributed by atoms with E-state index in [4.69, 9.17) is 37.3 Å². The van der Waals surface area contributed by atoms with Gasteiger partial charge in [0.2, 0.25) is 0 Å². The minimum Gasteiger partial charge on any atom is -0.458 e. The number of nitrogens with zero attached hydrogens (tertiary/aromatic N) is 3. The van der Waals surface area contributed by atoms with Crippen molar-refractivity contribution in [2.45, 2.75) is 144 Å². The highest BCUT2D eigenvalue weighted by molar-refractivity contribution is 7.99. The SMILES string of the molecule is CS[C@@H]1OC(CO)[C@@H](O)[C@H](OC(=O)c2ccccc2)C1C.CS[C@@H]1OC(CO[Si](c2ccccc2)(c2ccccc2)C(C)(C)C)[C@@H](O)[C@H](OC(=O)c2ccccc2)C1C.CS[C@@H]1OC(CO[Si](c2ccccc2)(c2ccccc2)C(C)(C)C)[C@H](N=[N+]=[N-])[C@H](OC(=O)c2ccccc2)C1C. The smallest absolute Gasteiger partial charge is 0.338 e. The van der Waals surface area contributed by atoms with Crippen LogP contribution >= 0.6 is 35.3 Å². The lowest BCUT2D eigenvalue weighted by Gasteiger charge is -2.47. The third-order valence-electron chi connectivity index (χ3n) is 18.5. The monoisotopic (exact) mass is 1440 g/mol. The number of esters is 3. The fraction of sp³-hybridized carbons (Fsp3) is 0.416. The Morgan fingerprint density at radius 2 is 0.707 bits per heavy atom. The molecule has 99 heavy (non-hydrogen) atoms. The number of ether oxygens (including phenoxy) is 6. The molecule has 528 valence electrons. The second-order valence-corrected chi connectivity index (χ2v) is 38.3. The number of benzene rings is 7. The summed E-state index contributed by atoms with van der Waals surface area (Å²) in [4.78, 5) is 41.3. The minimum atomic E-state index is -2.87. The van der Waals surface area contributed by atoms with Crippen LogP contribution in [0.5, 0.6) is 0 Å². The highest BCUT2D eigenvalue weighted by Gasteiger charge is 2.55. The van der Waals surface area contributed by atoms with Crippen LogP contribution in [0.3, 0.4) is 0 Å². The van der Waals surface area contributed by atoms with Crippen molar-refractivity contribution in [3.05, 3.63) is 239 Å². The maximum absolute atomic E-state index is 13.1. The lowest BCUT2D eigenvalue weighted by atomic mass is 9.91. The molecule has 0 amide bonds. The summed E-state index contributed by atoms with van der Waals surface area (Å²) in [5.41, 5.74) is 10.1. The molecule has 3 fully saturated rings. The summed E-state index contributed by atoms with van der Waals surface area (Å²) in [6, 6.07) is 67.1. The van der Waals surface area contributed by atoms with Gasteiger partial charge in [0.25, 0.3) is 16.6 Å². The number of hydrogen-bond donors (Lipinski definition) is 3. The second kappa shape index (κ2) is 36.3. The van der Waals surface area contributed by atoms with Crippen molar-refractivity contribution in [1.82, 2.24) is 0 Å². The molecule has 7 aromatic rings. The Balaban J connectivity index is 0.000000198. The molecule has 3 aliphatic heterocycles. The Bertz CT molecular complexity index is 3570. The molecule has 0 bridgehead atoms. The maximum Gasteiger partial charge on any atom is 0.338 e. The average Bonchev–Trinajstić information content (AvgIpc) is 0.750. The summed E-state index contributed by atoms with van der Waals surface area (Å²) in [5, 5.41) is 39.3. The Kier molecular flexibility index (Phi) is 28.7. The van der Waals surface area contributed by atoms with Gasteiger partial charge in [-0.15, -0.1) is 35.3 Å². The largest absolute Gasteiger partial charge is 0.458 e. The normalized spacial score (nSPS) is 25.5. The van der Waals surface area contributed by atoms with Crippen LogP contribution in [0.2, 0.25) is 10.1 Å². The Labute approximate surface area is 598 Å². The van der Waals surface area contributed by atoms with E-state index in [1.807, 2.05) is 131 Å². The standard InChI is InChI=1S/C31H37N3O4SSi.C31H38O5SSi.C15H20O5S/c1-22-28(38-29(35)23-15-9-6-10-16-23)27(33-34-32)26(37-30(22)39-5)21-36-40(31(2,3)4,24-17-11-7-12-18-24)25-19-13-8-14-20-25;1-22-28(36-29(33)23-15-9-6-10-16-23)27(32)26(35-30(22)37-5)21-34-38(31(2,3)4,24-17-11-7-12-18-24)25-19-13-8-14-20-25;1-9-13(12(17)11(8-16)19-15(9)21-2)20-14(18)10-6-4-3-5-7-10/h6-20,22,26-28,30H,21H2,1-5H3;6-20,22,26-28,30,32H,21H2,1-5H3;3-7,9,11-13,15-17H,8H2,1-2H3/t22?,26?,27-,28+,30-;22?,26?,27-,28-,30+;9?,11?,12-,13-,15+/m011/s1. The highest BCUT2D eigenvalue weighted by Crippen LogP contribution is 2.42. The van der Waals surface area contributed by atoms with Gasteiger partial charge < -0.3 is 52.6 Å². The van der Waals surface area contributed by atoms with Gasteiger partial charge in [-0.1, -0.05) is 243 Å². The van der Waals surface area contributed by atoms with Crippen molar-refractivity contribution in [2.75, 3.05) is 38.6 Å². The molecule has 3 saturated heterocycles. The lowest BCUT2D eigenvalue weighted by Crippen LogP contribution is -2.68. The molecule has 3 aliphatic rings. The quantitative estimate of drug-likeness (QED) is 0.0151. The molecule has 3 N–H and O–H groups in total. The van der Waals surface area contributed by atoms with E-state index in [9.17, 15) is 35.2 Å². The molecule has 0 spiro atoms. The van der Waals surface area contributed by atoms with Crippen LogP contribution in [-0.2, 0) is 37.3 Å².